The van der Waals surface area contributed by atoms with Crippen molar-refractivity contribution in [1.82, 2.24) is 10.2 Å². The van der Waals surface area contributed by atoms with Gasteiger partial charge in [-0.3, -0.25) is 19.3 Å². The lowest BCUT2D eigenvalue weighted by molar-refractivity contribution is -0.124. The van der Waals surface area contributed by atoms with Crippen molar-refractivity contribution in [1.29, 1.82) is 0 Å². The van der Waals surface area contributed by atoms with E-state index < -0.39 is 5.82 Å². The number of nitrogens with zero attached hydrogens (tertiary/aromatic N) is 1. The molecule has 7 heteroatoms. The van der Waals surface area contributed by atoms with Gasteiger partial charge in [-0.25, -0.2) is 4.39 Å². The molecule has 1 heterocycles. The molecule has 0 unspecified atom stereocenters. The molecule has 3 amide bonds. The minimum absolute atomic E-state index is 0.0693. The molecule has 3 rings (SSSR count). The first-order chi connectivity index (χ1) is 13.0. The van der Waals surface area contributed by atoms with E-state index >= 15 is 0 Å². The van der Waals surface area contributed by atoms with Crippen molar-refractivity contribution in [3.63, 3.8) is 0 Å². The molecule has 1 fully saturated rings. The van der Waals surface area contributed by atoms with Gasteiger partial charge in [0.2, 0.25) is 5.91 Å². The smallest absolute Gasteiger partial charge is 0.293 e. The van der Waals surface area contributed by atoms with Crippen molar-refractivity contribution in [3.05, 3.63) is 76.4 Å². The predicted molar refractivity (Wildman–Crippen MR) is 102 cm³/mol. The molecule has 1 N–H and O–H groups in total. The number of carbonyl (C=O) groups is 3. The molecular formula is C20H17FN2O3S. The molecule has 0 aromatic heterocycles. The van der Waals surface area contributed by atoms with Gasteiger partial charge in [0, 0.05) is 13.1 Å². The molecule has 0 aliphatic carbocycles. The Morgan fingerprint density at radius 1 is 1.07 bits per heavy atom. The maximum absolute atomic E-state index is 13.6. The summed E-state index contributed by atoms with van der Waals surface area (Å²) in [4.78, 5) is 37.8. The fraction of sp³-hybridized carbons (Fsp3) is 0.150. The first-order valence-electron chi connectivity index (χ1n) is 8.35. The second-order valence-electron chi connectivity index (χ2n) is 5.86. The molecule has 0 saturated carbocycles. The van der Waals surface area contributed by atoms with Crippen molar-refractivity contribution in [3.8, 4) is 0 Å². The second-order valence-corrected chi connectivity index (χ2v) is 6.86. The van der Waals surface area contributed by atoms with Gasteiger partial charge < -0.3 is 5.32 Å². The van der Waals surface area contributed by atoms with Gasteiger partial charge in [-0.05, 0) is 35.0 Å². The summed E-state index contributed by atoms with van der Waals surface area (Å²) in [7, 11) is 0. The summed E-state index contributed by atoms with van der Waals surface area (Å²) in [5.74, 6) is -1.19. The normalized spacial score (nSPS) is 15.4. The van der Waals surface area contributed by atoms with Crippen LogP contribution in [0.5, 0.6) is 0 Å². The van der Waals surface area contributed by atoms with Gasteiger partial charge in [-0.2, -0.15) is 0 Å². The third-order valence-corrected chi connectivity index (χ3v) is 4.84. The molecule has 2 aromatic carbocycles. The fourth-order valence-corrected chi connectivity index (χ4v) is 3.44. The molecule has 0 atom stereocenters. The first kappa shape index (κ1) is 18.8. The molecule has 5 nitrogen and oxygen atoms in total. The summed E-state index contributed by atoms with van der Waals surface area (Å²) in [6.07, 6.45) is 1.57. The Balaban J connectivity index is 1.53. The minimum atomic E-state index is -0.440. The zero-order chi connectivity index (χ0) is 19.2. The van der Waals surface area contributed by atoms with E-state index in [0.717, 1.165) is 22.2 Å². The molecule has 2 aromatic rings. The van der Waals surface area contributed by atoms with Crippen LogP contribution in [0.1, 0.15) is 11.1 Å². The number of imide groups is 1. The largest absolute Gasteiger partial charge is 0.354 e. The summed E-state index contributed by atoms with van der Waals surface area (Å²) < 4.78 is 13.6. The number of rotatable bonds is 6. The highest BCUT2D eigenvalue weighted by molar-refractivity contribution is 8.18. The third-order valence-electron chi connectivity index (χ3n) is 3.94. The summed E-state index contributed by atoms with van der Waals surface area (Å²) >= 11 is 0.876. The topological polar surface area (TPSA) is 66.5 Å². The molecule has 0 spiro atoms. The van der Waals surface area contributed by atoms with E-state index in [1.165, 1.54) is 6.07 Å². The molecule has 0 bridgehead atoms. The highest BCUT2D eigenvalue weighted by Crippen LogP contribution is 2.31. The highest BCUT2D eigenvalue weighted by Gasteiger charge is 2.34. The van der Waals surface area contributed by atoms with Crippen molar-refractivity contribution in [2.24, 2.45) is 0 Å². The quantitative estimate of drug-likeness (QED) is 0.777. The average molecular weight is 384 g/mol. The van der Waals surface area contributed by atoms with Crippen LogP contribution in [0.15, 0.2) is 59.5 Å². The Kier molecular flexibility index (Phi) is 6.03. The van der Waals surface area contributed by atoms with Crippen LogP contribution in [0.4, 0.5) is 9.18 Å². The minimum Gasteiger partial charge on any atom is -0.354 e. The summed E-state index contributed by atoms with van der Waals surface area (Å²) in [6, 6.07) is 15.3. The van der Waals surface area contributed by atoms with Crippen molar-refractivity contribution >= 4 is 34.9 Å². The summed E-state index contributed by atoms with van der Waals surface area (Å²) in [5.41, 5.74) is 1.13. The monoisotopic (exact) mass is 384 g/mol. The van der Waals surface area contributed by atoms with Crippen molar-refractivity contribution in [2.45, 2.75) is 6.42 Å². The number of hydrogen-bond donors (Lipinski definition) is 1. The molecule has 1 saturated heterocycles. The van der Waals surface area contributed by atoms with Gasteiger partial charge in [0.15, 0.2) is 0 Å². The second kappa shape index (κ2) is 8.64. The van der Waals surface area contributed by atoms with Crippen LogP contribution in [-0.4, -0.2) is 35.0 Å². The first-order valence-corrected chi connectivity index (χ1v) is 9.17. The van der Waals surface area contributed by atoms with E-state index in [9.17, 15) is 18.8 Å². The summed E-state index contributed by atoms with van der Waals surface area (Å²) in [6.45, 7) is 0.184. The molecular weight excluding hydrogens is 367 g/mol. The SMILES string of the molecule is O=C(Cc1ccccc1F)NCCN1C(=O)S/C(=C\c2ccccc2)C1=O. The zero-order valence-corrected chi connectivity index (χ0v) is 15.2. The molecule has 1 aliphatic heterocycles. The number of halogens is 1. The molecule has 1 aliphatic rings. The molecule has 0 radical (unpaired) electrons. The Labute approximate surface area is 160 Å². The average Bonchev–Trinajstić information content (AvgIpc) is 2.92. The van der Waals surface area contributed by atoms with Gasteiger partial charge in [-0.1, -0.05) is 48.5 Å². The van der Waals surface area contributed by atoms with Gasteiger partial charge in [0.05, 0.1) is 11.3 Å². The Bertz CT molecular complexity index is 899. The van der Waals surface area contributed by atoms with E-state index in [0.29, 0.717) is 10.5 Å². The summed E-state index contributed by atoms with van der Waals surface area (Å²) in [5, 5.41) is 2.24. The van der Waals surface area contributed by atoms with E-state index in [2.05, 4.69) is 5.32 Å². The van der Waals surface area contributed by atoms with Crippen LogP contribution < -0.4 is 5.32 Å². The van der Waals surface area contributed by atoms with E-state index in [-0.39, 0.29) is 36.6 Å². The Morgan fingerprint density at radius 3 is 2.52 bits per heavy atom. The lowest BCUT2D eigenvalue weighted by Crippen LogP contribution is -2.37. The third kappa shape index (κ3) is 4.83. The van der Waals surface area contributed by atoms with Crippen LogP contribution >= 0.6 is 11.8 Å². The highest BCUT2D eigenvalue weighted by atomic mass is 32.2. The van der Waals surface area contributed by atoms with E-state index in [1.54, 1.807) is 24.3 Å². The molecule has 27 heavy (non-hydrogen) atoms. The van der Waals surface area contributed by atoms with E-state index in [1.807, 2.05) is 30.3 Å². The lowest BCUT2D eigenvalue weighted by atomic mass is 10.1. The number of hydrogen-bond acceptors (Lipinski definition) is 4. The maximum atomic E-state index is 13.6. The fourth-order valence-electron chi connectivity index (χ4n) is 2.58. The van der Waals surface area contributed by atoms with Crippen LogP contribution in [0.3, 0.4) is 0 Å². The Morgan fingerprint density at radius 2 is 1.78 bits per heavy atom. The number of carbonyl (C=O) groups excluding carboxylic acids is 3. The number of thioether (sulfide) groups is 1. The molecule has 138 valence electrons. The van der Waals surface area contributed by atoms with Crippen LogP contribution in [-0.2, 0) is 16.0 Å². The van der Waals surface area contributed by atoms with Crippen LogP contribution in [0, 0.1) is 5.82 Å². The van der Waals surface area contributed by atoms with Gasteiger partial charge in [0.1, 0.15) is 5.82 Å². The van der Waals surface area contributed by atoms with Crippen molar-refractivity contribution in [2.75, 3.05) is 13.1 Å². The number of amides is 3. The van der Waals surface area contributed by atoms with Gasteiger partial charge >= 0.3 is 0 Å². The lowest BCUT2D eigenvalue weighted by Gasteiger charge is -2.13. The van der Waals surface area contributed by atoms with Crippen LogP contribution in [0.25, 0.3) is 6.08 Å². The predicted octanol–water partition coefficient (Wildman–Crippen LogP) is 3.22. The van der Waals surface area contributed by atoms with Crippen molar-refractivity contribution < 1.29 is 18.8 Å². The standard InChI is InChI=1S/C20H17FN2O3S/c21-16-9-5-4-8-15(16)13-18(24)22-10-11-23-19(25)17(27-20(23)26)12-14-6-2-1-3-7-14/h1-9,12H,10-11,13H2,(H,22,24)/b17-12-. The number of nitrogens with one attached hydrogen (secondary N) is 1. The zero-order valence-electron chi connectivity index (χ0n) is 14.4. The van der Waals surface area contributed by atoms with Gasteiger partial charge in [0.25, 0.3) is 11.1 Å². The van der Waals surface area contributed by atoms with Gasteiger partial charge in [-0.15, -0.1) is 0 Å². The Hall–Kier alpha value is -2.93. The van der Waals surface area contributed by atoms with E-state index in [4.69, 9.17) is 0 Å². The van der Waals surface area contributed by atoms with Crippen LogP contribution in [0.2, 0.25) is 0 Å². The maximum Gasteiger partial charge on any atom is 0.293 e. The number of benzene rings is 2.